The zero-order valence-corrected chi connectivity index (χ0v) is 16.8. The molecular formula is C16H24F3N3O2S2. The monoisotopic (exact) mass is 411 g/mol. The maximum Gasteiger partial charge on any atom is 0.446 e. The molecule has 0 heterocycles. The Labute approximate surface area is 160 Å². The number of alkyl halides is 3. The molecule has 0 bridgehead atoms. The van der Waals surface area contributed by atoms with E-state index >= 15 is 0 Å². The number of hydrogen-bond donors (Lipinski definition) is 2. The zero-order chi connectivity index (χ0) is 20.0. The molecule has 0 spiro atoms. The lowest BCUT2D eigenvalue weighted by molar-refractivity contribution is -0.0328. The number of nitrogens with zero attached hydrogens (tertiary/aromatic N) is 1. The first-order chi connectivity index (χ1) is 11.9. The average molecular weight is 412 g/mol. The highest BCUT2D eigenvalue weighted by molar-refractivity contribution is 8.00. The number of ether oxygens (including phenoxy) is 1. The van der Waals surface area contributed by atoms with Gasteiger partial charge in [-0.1, -0.05) is 0 Å². The first-order valence-corrected chi connectivity index (χ1v) is 9.55. The second-order valence-corrected chi connectivity index (χ2v) is 8.32. The van der Waals surface area contributed by atoms with Crippen LogP contribution in [0.25, 0.3) is 0 Å². The summed E-state index contributed by atoms with van der Waals surface area (Å²) in [6.07, 6.45) is 0.120. The summed E-state index contributed by atoms with van der Waals surface area (Å²) in [6, 6.07) is 4.62. The zero-order valence-electron chi connectivity index (χ0n) is 15.1. The molecule has 1 rings (SSSR count). The number of halogens is 3. The number of benzene rings is 1. The van der Waals surface area contributed by atoms with E-state index in [1.807, 2.05) is 0 Å². The second kappa shape index (κ2) is 9.61. The fourth-order valence-electron chi connectivity index (χ4n) is 1.90. The number of carbonyl (C=O) groups is 1. The predicted molar refractivity (Wildman–Crippen MR) is 100 cm³/mol. The van der Waals surface area contributed by atoms with Gasteiger partial charge in [0.25, 0.3) is 0 Å². The van der Waals surface area contributed by atoms with Crippen molar-refractivity contribution < 1.29 is 22.7 Å². The van der Waals surface area contributed by atoms with E-state index in [1.54, 1.807) is 40.0 Å². The van der Waals surface area contributed by atoms with Crippen molar-refractivity contribution in [1.29, 1.82) is 0 Å². The average Bonchev–Trinajstić information content (AvgIpc) is 2.49. The molecule has 0 saturated carbocycles. The van der Waals surface area contributed by atoms with Crippen LogP contribution >= 0.6 is 23.7 Å². The van der Waals surface area contributed by atoms with Gasteiger partial charge >= 0.3 is 11.6 Å². The number of thioether (sulfide) groups is 1. The van der Waals surface area contributed by atoms with E-state index in [2.05, 4.69) is 5.32 Å². The molecule has 0 unspecified atom stereocenters. The van der Waals surface area contributed by atoms with E-state index in [4.69, 9.17) is 9.88 Å². The second-order valence-electron chi connectivity index (χ2n) is 6.51. The molecule has 0 fully saturated rings. The van der Waals surface area contributed by atoms with Crippen LogP contribution in [-0.4, -0.2) is 42.2 Å². The Morgan fingerprint density at radius 2 is 1.96 bits per heavy atom. The van der Waals surface area contributed by atoms with Gasteiger partial charge < -0.3 is 15.0 Å². The minimum absolute atomic E-state index is 0.0634. The molecule has 0 aliphatic carbocycles. The highest BCUT2D eigenvalue weighted by atomic mass is 32.2. The van der Waals surface area contributed by atoms with Crippen LogP contribution in [0.1, 0.15) is 27.2 Å². The number of nitrogens with two attached hydrogens (primary N) is 1. The summed E-state index contributed by atoms with van der Waals surface area (Å²) in [7, 11) is 1.62. The Morgan fingerprint density at radius 1 is 1.31 bits per heavy atom. The largest absolute Gasteiger partial charge is 0.446 e. The molecular weight excluding hydrogens is 387 g/mol. The van der Waals surface area contributed by atoms with Crippen molar-refractivity contribution >= 4 is 35.5 Å². The molecule has 5 nitrogen and oxygen atoms in total. The molecule has 1 aromatic rings. The number of amides is 1. The fourth-order valence-corrected chi connectivity index (χ4v) is 2.99. The van der Waals surface area contributed by atoms with Crippen molar-refractivity contribution in [2.45, 2.75) is 48.1 Å². The van der Waals surface area contributed by atoms with E-state index in [0.29, 0.717) is 30.1 Å². The highest BCUT2D eigenvalue weighted by Crippen LogP contribution is 2.41. The Morgan fingerprint density at radius 3 is 2.50 bits per heavy atom. The molecule has 10 heteroatoms. The van der Waals surface area contributed by atoms with E-state index in [-0.39, 0.29) is 16.7 Å². The lowest BCUT2D eigenvalue weighted by atomic mass is 10.2. The Kier molecular flexibility index (Phi) is 8.42. The Hall–Kier alpha value is -1.26. The number of anilines is 1. The molecule has 3 N–H and O–H groups in total. The van der Waals surface area contributed by atoms with E-state index in [1.165, 1.54) is 11.0 Å². The molecule has 26 heavy (non-hydrogen) atoms. The fraction of sp³-hybridized carbons (Fsp3) is 0.562. The van der Waals surface area contributed by atoms with E-state index < -0.39 is 17.2 Å². The van der Waals surface area contributed by atoms with Crippen molar-refractivity contribution in [3.63, 3.8) is 0 Å². The minimum Gasteiger partial charge on any atom is -0.444 e. The summed E-state index contributed by atoms with van der Waals surface area (Å²) in [5.74, 6) is 0. The Bertz CT molecular complexity index is 607. The van der Waals surface area contributed by atoms with Gasteiger partial charge in [-0.3, -0.25) is 5.14 Å². The van der Waals surface area contributed by atoms with Gasteiger partial charge in [0.15, 0.2) is 0 Å². The standard InChI is InChI=1S/C16H24F3N3O2S2/c1-15(2,3)24-14(23)22(4)9-5-8-21-12-7-6-11(26-20)10-13(12)25-16(17,18)19/h6-7,10,21H,5,8-9,20H2,1-4H3. The van der Waals surface area contributed by atoms with Crippen molar-refractivity contribution in [2.75, 3.05) is 25.5 Å². The minimum atomic E-state index is -4.38. The van der Waals surface area contributed by atoms with Crippen LogP contribution < -0.4 is 10.5 Å². The SMILES string of the molecule is CN(CCCNc1ccc(SN)cc1SC(F)(F)F)C(=O)OC(C)(C)C. The molecule has 0 atom stereocenters. The summed E-state index contributed by atoms with van der Waals surface area (Å²) >= 11 is 0.708. The van der Waals surface area contributed by atoms with Crippen LogP contribution in [-0.2, 0) is 4.74 Å². The smallest absolute Gasteiger partial charge is 0.444 e. The first kappa shape index (κ1) is 22.8. The number of rotatable bonds is 7. The van der Waals surface area contributed by atoms with Crippen LogP contribution in [0.3, 0.4) is 0 Å². The summed E-state index contributed by atoms with van der Waals surface area (Å²) in [5, 5.41) is 8.40. The third-order valence-corrected chi connectivity index (χ3v) is 4.32. The molecule has 0 aliphatic rings. The van der Waals surface area contributed by atoms with Gasteiger partial charge in [0.05, 0.1) is 0 Å². The van der Waals surface area contributed by atoms with Gasteiger partial charge in [0, 0.05) is 35.6 Å². The number of hydrogen-bond acceptors (Lipinski definition) is 6. The molecule has 0 aromatic heterocycles. The lowest BCUT2D eigenvalue weighted by Gasteiger charge is -2.24. The molecule has 148 valence electrons. The van der Waals surface area contributed by atoms with Crippen LogP contribution in [0.2, 0.25) is 0 Å². The van der Waals surface area contributed by atoms with Crippen LogP contribution in [0.5, 0.6) is 0 Å². The van der Waals surface area contributed by atoms with Crippen LogP contribution in [0, 0.1) is 0 Å². The van der Waals surface area contributed by atoms with Gasteiger partial charge in [0.2, 0.25) is 0 Å². The van der Waals surface area contributed by atoms with Crippen LogP contribution in [0.4, 0.5) is 23.7 Å². The van der Waals surface area contributed by atoms with Crippen molar-refractivity contribution in [3.8, 4) is 0 Å². The van der Waals surface area contributed by atoms with E-state index in [0.717, 1.165) is 11.9 Å². The van der Waals surface area contributed by atoms with Crippen LogP contribution in [0.15, 0.2) is 28.0 Å². The molecule has 0 saturated heterocycles. The van der Waals surface area contributed by atoms with Gasteiger partial charge in [0.1, 0.15) is 5.60 Å². The summed E-state index contributed by atoms with van der Waals surface area (Å²) < 4.78 is 43.4. The molecule has 0 radical (unpaired) electrons. The summed E-state index contributed by atoms with van der Waals surface area (Å²) in [4.78, 5) is 13.9. The van der Waals surface area contributed by atoms with Crippen molar-refractivity contribution in [3.05, 3.63) is 18.2 Å². The van der Waals surface area contributed by atoms with Gasteiger partial charge in [-0.05, 0) is 69.1 Å². The topological polar surface area (TPSA) is 67.6 Å². The summed E-state index contributed by atoms with van der Waals surface area (Å²) in [5.41, 5.74) is -4.58. The molecule has 1 amide bonds. The lowest BCUT2D eigenvalue weighted by Crippen LogP contribution is -2.35. The molecule has 0 aliphatic heterocycles. The normalized spacial score (nSPS) is 12.0. The summed E-state index contributed by atoms with van der Waals surface area (Å²) in [6.45, 7) is 6.17. The van der Waals surface area contributed by atoms with Gasteiger partial charge in [-0.2, -0.15) is 13.2 Å². The van der Waals surface area contributed by atoms with Gasteiger partial charge in [-0.15, -0.1) is 0 Å². The third-order valence-electron chi connectivity index (χ3n) is 3.01. The van der Waals surface area contributed by atoms with Crippen molar-refractivity contribution in [2.24, 2.45) is 5.14 Å². The Balaban J connectivity index is 2.58. The predicted octanol–water partition coefficient (Wildman–Crippen LogP) is 4.93. The van der Waals surface area contributed by atoms with E-state index in [9.17, 15) is 18.0 Å². The quantitative estimate of drug-likeness (QED) is 0.377. The first-order valence-electron chi connectivity index (χ1n) is 7.86. The maximum absolute atomic E-state index is 12.7. The molecule has 1 aromatic carbocycles. The number of carbonyl (C=O) groups excluding carboxylic acids is 1. The highest BCUT2D eigenvalue weighted by Gasteiger charge is 2.30. The van der Waals surface area contributed by atoms with Gasteiger partial charge in [-0.25, -0.2) is 4.79 Å². The van der Waals surface area contributed by atoms with Crippen molar-refractivity contribution in [1.82, 2.24) is 4.90 Å². The third kappa shape index (κ3) is 8.91. The maximum atomic E-state index is 12.7. The number of nitrogens with one attached hydrogen (secondary N) is 1.